The van der Waals surface area contributed by atoms with E-state index in [2.05, 4.69) is 25.1 Å². The van der Waals surface area contributed by atoms with Crippen molar-refractivity contribution in [3.05, 3.63) is 34.9 Å². The highest BCUT2D eigenvalue weighted by Crippen LogP contribution is 2.30. The highest BCUT2D eigenvalue weighted by Gasteiger charge is 2.17. The maximum atomic E-state index is 9.33. The molecule has 0 heterocycles. The van der Waals surface area contributed by atoms with E-state index < -0.39 is 0 Å². The van der Waals surface area contributed by atoms with E-state index in [4.69, 9.17) is 5.73 Å². The lowest BCUT2D eigenvalue weighted by atomic mass is 9.83. The third-order valence-corrected chi connectivity index (χ3v) is 4.55. The molecule has 0 radical (unpaired) electrons. The Labute approximate surface area is 117 Å². The fourth-order valence-electron chi connectivity index (χ4n) is 3.19. The van der Waals surface area contributed by atoms with Crippen LogP contribution in [-0.4, -0.2) is 18.3 Å². The van der Waals surface area contributed by atoms with Crippen LogP contribution in [0.5, 0.6) is 0 Å². The number of aliphatic hydroxyl groups excluding tert-OH is 1. The molecule has 0 saturated carbocycles. The smallest absolute Gasteiger partial charge is 0.0471 e. The summed E-state index contributed by atoms with van der Waals surface area (Å²) in [5, 5.41) is 9.33. The number of aryl methyl sites for hydroxylation is 2. The first-order valence-corrected chi connectivity index (χ1v) is 7.71. The lowest BCUT2D eigenvalue weighted by molar-refractivity contribution is 0.214. The summed E-state index contributed by atoms with van der Waals surface area (Å²) in [6.45, 7) is 3.02. The van der Waals surface area contributed by atoms with Crippen molar-refractivity contribution in [2.75, 3.05) is 13.2 Å². The second kappa shape index (κ2) is 7.06. The molecule has 2 rings (SSSR count). The van der Waals surface area contributed by atoms with Gasteiger partial charge in [-0.15, -0.1) is 0 Å². The normalized spacial score (nSPS) is 17.8. The Morgan fingerprint density at radius 2 is 1.95 bits per heavy atom. The van der Waals surface area contributed by atoms with Gasteiger partial charge in [0, 0.05) is 6.61 Å². The van der Waals surface area contributed by atoms with Gasteiger partial charge in [-0.3, -0.25) is 0 Å². The van der Waals surface area contributed by atoms with Crippen LogP contribution in [0.15, 0.2) is 18.2 Å². The van der Waals surface area contributed by atoms with E-state index in [-0.39, 0.29) is 12.5 Å². The molecule has 0 fully saturated rings. The lowest BCUT2D eigenvalue weighted by Crippen LogP contribution is -2.20. The number of rotatable bonds is 6. The van der Waals surface area contributed by atoms with Crippen molar-refractivity contribution >= 4 is 0 Å². The van der Waals surface area contributed by atoms with Gasteiger partial charge in [0.1, 0.15) is 0 Å². The summed E-state index contributed by atoms with van der Waals surface area (Å²) < 4.78 is 0. The van der Waals surface area contributed by atoms with Crippen molar-refractivity contribution in [3.63, 3.8) is 0 Å². The van der Waals surface area contributed by atoms with Gasteiger partial charge in [-0.05, 0) is 73.6 Å². The molecule has 2 nitrogen and oxygen atoms in total. The summed E-state index contributed by atoms with van der Waals surface area (Å²) >= 11 is 0. The number of hydrogen-bond donors (Lipinski definition) is 2. The van der Waals surface area contributed by atoms with Crippen molar-refractivity contribution in [1.82, 2.24) is 0 Å². The molecule has 1 aliphatic carbocycles. The van der Waals surface area contributed by atoms with Crippen molar-refractivity contribution in [1.29, 1.82) is 0 Å². The highest BCUT2D eigenvalue weighted by molar-refractivity contribution is 5.35. The van der Waals surface area contributed by atoms with E-state index in [9.17, 15) is 5.11 Å². The van der Waals surface area contributed by atoms with E-state index in [1.807, 2.05) is 0 Å². The van der Waals surface area contributed by atoms with Gasteiger partial charge in [0.15, 0.2) is 0 Å². The quantitative estimate of drug-likeness (QED) is 0.827. The van der Waals surface area contributed by atoms with Gasteiger partial charge < -0.3 is 10.8 Å². The molecule has 106 valence electrons. The van der Waals surface area contributed by atoms with E-state index in [1.54, 1.807) is 11.1 Å². The fraction of sp³-hybridized carbons (Fsp3) is 0.647. The van der Waals surface area contributed by atoms with Crippen LogP contribution in [0, 0.1) is 5.92 Å². The van der Waals surface area contributed by atoms with Crippen LogP contribution in [0.3, 0.4) is 0 Å². The van der Waals surface area contributed by atoms with E-state index in [1.165, 1.54) is 31.2 Å². The molecule has 0 amide bonds. The van der Waals surface area contributed by atoms with Gasteiger partial charge >= 0.3 is 0 Å². The van der Waals surface area contributed by atoms with Crippen molar-refractivity contribution < 1.29 is 5.11 Å². The standard InChI is InChI=1S/C17H27NO/c1-2-14(9-13(11-18)12-19)17-8-7-15-5-3-4-6-16(15)10-17/h7-8,10,13-14,19H,2-6,9,11-12,18H2,1H3. The SMILES string of the molecule is CCC(CC(CN)CO)c1ccc2c(c1)CCCC2. The number of benzene rings is 1. The van der Waals surface area contributed by atoms with Crippen LogP contribution in [0.2, 0.25) is 0 Å². The van der Waals surface area contributed by atoms with Crippen molar-refractivity contribution in [2.45, 2.75) is 51.4 Å². The zero-order valence-corrected chi connectivity index (χ0v) is 12.1. The van der Waals surface area contributed by atoms with Crippen LogP contribution in [0.1, 0.15) is 55.2 Å². The first-order valence-electron chi connectivity index (χ1n) is 7.71. The Morgan fingerprint density at radius 3 is 2.58 bits per heavy atom. The average Bonchev–Trinajstić information content (AvgIpc) is 2.48. The summed E-state index contributed by atoms with van der Waals surface area (Å²) in [5.74, 6) is 0.772. The number of fused-ring (bicyclic) bond motifs is 1. The zero-order chi connectivity index (χ0) is 13.7. The van der Waals surface area contributed by atoms with Gasteiger partial charge in [-0.1, -0.05) is 25.1 Å². The number of hydrogen-bond acceptors (Lipinski definition) is 2. The molecule has 1 aromatic rings. The molecule has 0 bridgehead atoms. The third kappa shape index (κ3) is 3.58. The van der Waals surface area contributed by atoms with E-state index in [0.717, 1.165) is 12.8 Å². The molecule has 19 heavy (non-hydrogen) atoms. The van der Waals surface area contributed by atoms with E-state index >= 15 is 0 Å². The van der Waals surface area contributed by atoms with Crippen LogP contribution >= 0.6 is 0 Å². The Balaban J connectivity index is 2.14. The van der Waals surface area contributed by atoms with Gasteiger partial charge in [0.25, 0.3) is 0 Å². The summed E-state index contributed by atoms with van der Waals surface area (Å²) in [6, 6.07) is 7.03. The Bertz CT molecular complexity index is 398. The molecule has 1 aliphatic rings. The average molecular weight is 261 g/mol. The zero-order valence-electron chi connectivity index (χ0n) is 12.1. The van der Waals surface area contributed by atoms with Gasteiger partial charge in [0.05, 0.1) is 0 Å². The van der Waals surface area contributed by atoms with Crippen LogP contribution < -0.4 is 5.73 Å². The highest BCUT2D eigenvalue weighted by atomic mass is 16.3. The second-order valence-electron chi connectivity index (χ2n) is 5.86. The Kier molecular flexibility index (Phi) is 5.41. The molecular formula is C17H27NO. The minimum atomic E-state index is 0.206. The van der Waals surface area contributed by atoms with Gasteiger partial charge in [0.2, 0.25) is 0 Å². The molecular weight excluding hydrogens is 234 g/mol. The second-order valence-corrected chi connectivity index (χ2v) is 5.86. The van der Waals surface area contributed by atoms with Gasteiger partial charge in [-0.25, -0.2) is 0 Å². The molecule has 2 atom stereocenters. The van der Waals surface area contributed by atoms with Crippen molar-refractivity contribution in [2.24, 2.45) is 11.7 Å². The maximum Gasteiger partial charge on any atom is 0.0471 e. The summed E-state index contributed by atoms with van der Waals surface area (Å²) in [7, 11) is 0. The van der Waals surface area contributed by atoms with Crippen LogP contribution in [0.25, 0.3) is 0 Å². The van der Waals surface area contributed by atoms with Crippen LogP contribution in [0.4, 0.5) is 0 Å². The van der Waals surface area contributed by atoms with Crippen molar-refractivity contribution in [3.8, 4) is 0 Å². The fourth-order valence-corrected chi connectivity index (χ4v) is 3.19. The van der Waals surface area contributed by atoms with E-state index in [0.29, 0.717) is 12.5 Å². The molecule has 2 unspecified atom stereocenters. The Hall–Kier alpha value is -0.860. The van der Waals surface area contributed by atoms with Crippen LogP contribution in [-0.2, 0) is 12.8 Å². The largest absolute Gasteiger partial charge is 0.396 e. The first kappa shape index (κ1) is 14.5. The number of nitrogens with two attached hydrogens (primary N) is 1. The molecule has 0 saturated heterocycles. The predicted molar refractivity (Wildman–Crippen MR) is 80.4 cm³/mol. The number of aliphatic hydroxyl groups is 1. The molecule has 0 aromatic heterocycles. The topological polar surface area (TPSA) is 46.2 Å². The monoisotopic (exact) mass is 261 g/mol. The molecule has 3 N–H and O–H groups in total. The third-order valence-electron chi connectivity index (χ3n) is 4.55. The first-order chi connectivity index (χ1) is 9.28. The lowest BCUT2D eigenvalue weighted by Gasteiger charge is -2.23. The molecule has 2 heteroatoms. The summed E-state index contributed by atoms with van der Waals surface area (Å²) in [6.07, 6.45) is 7.27. The molecule has 0 spiro atoms. The molecule has 0 aliphatic heterocycles. The predicted octanol–water partition coefficient (Wildman–Crippen LogP) is 3.02. The minimum Gasteiger partial charge on any atom is -0.396 e. The minimum absolute atomic E-state index is 0.206. The van der Waals surface area contributed by atoms with Gasteiger partial charge in [-0.2, -0.15) is 0 Å². The Morgan fingerprint density at radius 1 is 1.21 bits per heavy atom. The summed E-state index contributed by atoms with van der Waals surface area (Å²) in [4.78, 5) is 0. The maximum absolute atomic E-state index is 9.33. The molecule has 1 aromatic carbocycles. The summed E-state index contributed by atoms with van der Waals surface area (Å²) in [5.41, 5.74) is 10.3.